The third-order valence-corrected chi connectivity index (χ3v) is 6.60. The Morgan fingerprint density at radius 2 is 1.74 bits per heavy atom. The minimum absolute atomic E-state index is 0.227. The summed E-state index contributed by atoms with van der Waals surface area (Å²) >= 11 is 1.65. The normalized spacial score (nSPS) is 14.4. The van der Waals surface area contributed by atoms with E-state index < -0.39 is 11.6 Å². The topological polar surface area (TPSA) is 60.2 Å². The molecule has 0 atom stereocenters. The third-order valence-electron chi connectivity index (χ3n) is 5.57. The molecule has 1 aliphatic heterocycles. The van der Waals surface area contributed by atoms with Gasteiger partial charge in [-0.05, 0) is 29.8 Å². The Morgan fingerprint density at radius 1 is 0.941 bits per heavy atom. The molecule has 0 bridgehead atoms. The van der Waals surface area contributed by atoms with Crippen molar-refractivity contribution in [3.8, 4) is 21.8 Å². The quantitative estimate of drug-likeness (QED) is 0.414. The molecule has 0 aliphatic carbocycles. The summed E-state index contributed by atoms with van der Waals surface area (Å²) in [5.74, 6) is -1.39. The van der Waals surface area contributed by atoms with Gasteiger partial charge in [-0.2, -0.15) is 5.10 Å². The Kier molecular flexibility index (Phi) is 6.57. The first-order chi connectivity index (χ1) is 16.5. The van der Waals surface area contributed by atoms with Gasteiger partial charge in [-0.25, -0.2) is 18.4 Å². The number of rotatable bonds is 6. The van der Waals surface area contributed by atoms with E-state index in [0.29, 0.717) is 5.69 Å². The number of ether oxygens (including phenoxy) is 1. The van der Waals surface area contributed by atoms with Gasteiger partial charge in [0.1, 0.15) is 16.6 Å². The molecule has 0 N–H and O–H groups in total. The van der Waals surface area contributed by atoms with Crippen LogP contribution in [0.25, 0.3) is 21.8 Å². The van der Waals surface area contributed by atoms with Crippen LogP contribution in [-0.2, 0) is 17.8 Å². The van der Waals surface area contributed by atoms with Crippen molar-refractivity contribution in [2.24, 2.45) is 0 Å². The van der Waals surface area contributed by atoms with Crippen LogP contribution >= 0.6 is 11.3 Å². The first kappa shape index (κ1) is 22.5. The predicted octanol–water partition coefficient (Wildman–Crippen LogP) is 4.19. The second-order valence-electron chi connectivity index (χ2n) is 8.09. The van der Waals surface area contributed by atoms with Crippen LogP contribution in [0.5, 0.6) is 0 Å². The van der Waals surface area contributed by atoms with Gasteiger partial charge in [-0.1, -0.05) is 18.2 Å². The van der Waals surface area contributed by atoms with Crippen LogP contribution in [0, 0.1) is 11.6 Å². The van der Waals surface area contributed by atoms with E-state index in [1.54, 1.807) is 11.3 Å². The van der Waals surface area contributed by atoms with Crippen LogP contribution in [0.15, 0.2) is 65.6 Å². The number of thiazole rings is 1. The summed E-state index contributed by atoms with van der Waals surface area (Å²) in [5.41, 5.74) is 2.14. The highest BCUT2D eigenvalue weighted by molar-refractivity contribution is 7.15. The summed E-state index contributed by atoms with van der Waals surface area (Å²) in [6.07, 6.45) is 1.91. The third kappa shape index (κ3) is 5.27. The van der Waals surface area contributed by atoms with Crippen molar-refractivity contribution < 1.29 is 13.5 Å². The minimum atomic E-state index is -0.696. The molecule has 4 aromatic rings. The van der Waals surface area contributed by atoms with Crippen LogP contribution in [0.3, 0.4) is 0 Å². The zero-order chi connectivity index (χ0) is 23.5. The molecule has 0 radical (unpaired) electrons. The highest BCUT2D eigenvalue weighted by atomic mass is 32.1. The fourth-order valence-electron chi connectivity index (χ4n) is 3.89. The zero-order valence-corrected chi connectivity index (χ0v) is 19.1. The summed E-state index contributed by atoms with van der Waals surface area (Å²) in [4.78, 5) is 20.6. The van der Waals surface area contributed by atoms with E-state index in [0.717, 1.165) is 55.0 Å². The maximum absolute atomic E-state index is 13.6. The first-order valence-corrected chi connectivity index (χ1v) is 11.7. The van der Waals surface area contributed by atoms with Crippen molar-refractivity contribution in [2.75, 3.05) is 26.3 Å². The molecule has 34 heavy (non-hydrogen) atoms. The van der Waals surface area contributed by atoms with Crippen molar-refractivity contribution in [1.29, 1.82) is 0 Å². The molecule has 3 heterocycles. The molecule has 0 spiro atoms. The minimum Gasteiger partial charge on any atom is -0.379 e. The number of benzene rings is 2. The lowest BCUT2D eigenvalue weighted by molar-refractivity contribution is 0.0346. The SMILES string of the molecule is O=c1ccc(-c2cc(F)cc(F)c2)nn1Cc1cccc(-c2ncc(CN3CCOCC3)s2)c1. The zero-order valence-electron chi connectivity index (χ0n) is 18.3. The van der Waals surface area contributed by atoms with Gasteiger partial charge in [-0.3, -0.25) is 9.69 Å². The van der Waals surface area contributed by atoms with E-state index in [9.17, 15) is 13.6 Å². The van der Waals surface area contributed by atoms with Crippen molar-refractivity contribution in [1.82, 2.24) is 19.7 Å². The van der Waals surface area contributed by atoms with E-state index >= 15 is 0 Å². The van der Waals surface area contributed by atoms with E-state index in [2.05, 4.69) is 15.0 Å². The smallest absolute Gasteiger partial charge is 0.267 e. The highest BCUT2D eigenvalue weighted by Gasteiger charge is 2.14. The van der Waals surface area contributed by atoms with Gasteiger partial charge in [-0.15, -0.1) is 11.3 Å². The first-order valence-electron chi connectivity index (χ1n) is 10.9. The summed E-state index contributed by atoms with van der Waals surface area (Å²) in [5, 5.41) is 5.25. The average molecular weight is 481 g/mol. The fourth-order valence-corrected chi connectivity index (χ4v) is 4.84. The number of hydrogen-bond acceptors (Lipinski definition) is 6. The Bertz CT molecular complexity index is 1340. The van der Waals surface area contributed by atoms with Gasteiger partial charge < -0.3 is 4.74 Å². The molecule has 0 amide bonds. The van der Waals surface area contributed by atoms with Crippen molar-refractivity contribution >= 4 is 11.3 Å². The summed E-state index contributed by atoms with van der Waals surface area (Å²) < 4.78 is 34.0. The van der Waals surface area contributed by atoms with Crippen LogP contribution in [0.1, 0.15) is 10.4 Å². The molecule has 1 saturated heterocycles. The molecule has 9 heteroatoms. The molecule has 0 unspecified atom stereocenters. The van der Waals surface area contributed by atoms with Crippen LogP contribution < -0.4 is 5.56 Å². The second kappa shape index (κ2) is 9.92. The van der Waals surface area contributed by atoms with Gasteiger partial charge in [0.15, 0.2) is 0 Å². The predicted molar refractivity (Wildman–Crippen MR) is 127 cm³/mol. The van der Waals surface area contributed by atoms with E-state index in [1.807, 2.05) is 30.5 Å². The fraction of sp³-hybridized carbons (Fsp3) is 0.240. The standard InChI is InChI=1S/C25H22F2N4O2S/c26-20-11-19(12-21(27)13-20)23-4-5-24(32)31(29-23)15-17-2-1-3-18(10-17)25-28-14-22(34-25)16-30-6-8-33-9-7-30/h1-5,10-14H,6-9,15-16H2. The number of nitrogens with zero attached hydrogens (tertiary/aromatic N) is 4. The van der Waals surface area contributed by atoms with Crippen LogP contribution in [0.2, 0.25) is 0 Å². The molecule has 2 aromatic heterocycles. The molecule has 5 rings (SSSR count). The monoisotopic (exact) mass is 480 g/mol. The number of aromatic nitrogens is 3. The van der Waals surface area contributed by atoms with Crippen molar-refractivity contribution in [3.63, 3.8) is 0 Å². The Balaban J connectivity index is 1.36. The van der Waals surface area contributed by atoms with Crippen molar-refractivity contribution in [2.45, 2.75) is 13.1 Å². The van der Waals surface area contributed by atoms with Crippen molar-refractivity contribution in [3.05, 3.63) is 93.2 Å². The molecule has 1 aliphatic rings. The van der Waals surface area contributed by atoms with Gasteiger partial charge in [0.2, 0.25) is 0 Å². The van der Waals surface area contributed by atoms with Gasteiger partial charge >= 0.3 is 0 Å². The van der Waals surface area contributed by atoms with Gasteiger partial charge in [0.05, 0.1) is 25.5 Å². The lowest BCUT2D eigenvalue weighted by Gasteiger charge is -2.25. The van der Waals surface area contributed by atoms with Crippen LogP contribution in [0.4, 0.5) is 8.78 Å². The molecule has 2 aromatic carbocycles. The Labute approximate surface area is 199 Å². The van der Waals surface area contributed by atoms with E-state index in [1.165, 1.54) is 33.8 Å². The maximum Gasteiger partial charge on any atom is 0.267 e. The molecule has 174 valence electrons. The second-order valence-corrected chi connectivity index (χ2v) is 9.21. The average Bonchev–Trinajstić information content (AvgIpc) is 3.29. The molecule has 6 nitrogen and oxygen atoms in total. The van der Waals surface area contributed by atoms with Gasteiger partial charge in [0, 0.05) is 54.0 Å². The summed E-state index contributed by atoms with van der Waals surface area (Å²) in [7, 11) is 0. The summed E-state index contributed by atoms with van der Waals surface area (Å²) in [6, 6.07) is 13.8. The van der Waals surface area contributed by atoms with E-state index in [4.69, 9.17) is 4.74 Å². The Morgan fingerprint density at radius 3 is 2.53 bits per heavy atom. The molecular weight excluding hydrogens is 458 g/mol. The number of halogens is 2. The largest absolute Gasteiger partial charge is 0.379 e. The Hall–Kier alpha value is -3.27. The van der Waals surface area contributed by atoms with E-state index in [-0.39, 0.29) is 17.7 Å². The molecule has 0 saturated carbocycles. The maximum atomic E-state index is 13.6. The number of morpholine rings is 1. The number of hydrogen-bond donors (Lipinski definition) is 0. The highest BCUT2D eigenvalue weighted by Crippen LogP contribution is 2.27. The van der Waals surface area contributed by atoms with Crippen LogP contribution in [-0.4, -0.2) is 46.0 Å². The molecular formula is C25H22F2N4O2S. The summed E-state index contributed by atoms with van der Waals surface area (Å²) in [6.45, 7) is 4.45. The molecule has 1 fully saturated rings. The lowest BCUT2D eigenvalue weighted by Crippen LogP contribution is -2.35. The van der Waals surface area contributed by atoms with Gasteiger partial charge in [0.25, 0.3) is 5.56 Å². The lowest BCUT2D eigenvalue weighted by atomic mass is 10.1.